The van der Waals surface area contributed by atoms with Crippen molar-refractivity contribution in [2.24, 2.45) is 23.7 Å². The fourth-order valence-corrected chi connectivity index (χ4v) is 21.0. The number of para-hydroxylation sites is 3. The molecule has 23 rings (SSSR count). The predicted molar refractivity (Wildman–Crippen MR) is 519 cm³/mol. The van der Waals surface area contributed by atoms with Crippen molar-refractivity contribution >= 4 is 164 Å². The molecule has 17 N–H and O–H groups in total. The van der Waals surface area contributed by atoms with E-state index in [1.807, 2.05) is 114 Å². The highest BCUT2D eigenvalue weighted by Gasteiger charge is 2.37. The number of halogens is 4. The number of aliphatic carboxylic acids is 4. The molecule has 4 aliphatic rings. The summed E-state index contributed by atoms with van der Waals surface area (Å²) in [6.45, 7) is 0. The number of benzene rings is 6. The summed E-state index contributed by atoms with van der Waals surface area (Å²) in [5.41, 5.74) is 43.5. The lowest BCUT2D eigenvalue weighted by molar-refractivity contribution is -0.143. The molecule has 4 saturated carbocycles. The van der Waals surface area contributed by atoms with E-state index in [4.69, 9.17) is 82.4 Å². The fraction of sp³-hybridized carbons (Fsp3) is 0.258. The molecule has 4 aliphatic carbocycles. The Bertz CT molecular complexity index is 7800. The highest BCUT2D eigenvalue weighted by atomic mass is 79.9. The average Bonchev–Trinajstić information content (AvgIpc) is 1.60. The summed E-state index contributed by atoms with van der Waals surface area (Å²) >= 11 is 22.5. The molecule has 6 aromatic carbocycles. The minimum atomic E-state index is -0.734. The molecule has 0 atom stereocenters. The number of aromatic nitrogens is 21. The maximum Gasteiger partial charge on any atom is 0.306 e. The number of carboxylic acid groups (broad SMARTS) is 4. The Morgan fingerprint density at radius 2 is 0.800 bits per heavy atom. The third-order valence-electron chi connectivity index (χ3n) is 26.9. The van der Waals surface area contributed by atoms with Gasteiger partial charge in [0.1, 0.15) is 98.7 Å². The molecule has 38 heteroatoms. The Kier molecular flexibility index (Phi) is 23.9. The van der Waals surface area contributed by atoms with Crippen LogP contribution in [0.25, 0.3) is 145 Å². The molecule has 0 unspecified atom stereocenters. The lowest BCUT2D eigenvalue weighted by Gasteiger charge is -2.25. The number of hydrogen-bond acceptors (Lipinski definition) is 21. The number of nitrogens with one attached hydrogen (secondary N) is 5. The Labute approximate surface area is 790 Å². The Balaban J connectivity index is 0.000000112. The van der Waals surface area contributed by atoms with Crippen LogP contribution in [0, 0.1) is 23.7 Å². The zero-order chi connectivity index (χ0) is 93.3. The Morgan fingerprint density at radius 1 is 0.415 bits per heavy atom. The van der Waals surface area contributed by atoms with E-state index in [9.17, 15) is 39.6 Å². The molecule has 135 heavy (non-hydrogen) atoms. The number of nitrogen functional groups attached to an aromatic ring is 4. The number of imidazole rings is 4. The summed E-state index contributed by atoms with van der Waals surface area (Å²) in [7, 11) is 1.64. The lowest BCUT2D eigenvalue weighted by atomic mass is 9.81. The molecule has 13 heterocycles. The van der Waals surface area contributed by atoms with Gasteiger partial charge in [0.25, 0.3) is 0 Å². The van der Waals surface area contributed by atoms with E-state index < -0.39 is 23.9 Å². The number of anilines is 4. The van der Waals surface area contributed by atoms with Gasteiger partial charge in [0.15, 0.2) is 17.5 Å². The molecule has 0 radical (unpaired) electrons. The first-order chi connectivity index (χ1) is 65.5. The number of ether oxygens (including phenoxy) is 1. The summed E-state index contributed by atoms with van der Waals surface area (Å²) in [5.74, 6) is 1.86. The molecule has 0 saturated heterocycles. The van der Waals surface area contributed by atoms with Crippen molar-refractivity contribution in [3.8, 4) is 84.7 Å². The quantitative estimate of drug-likeness (QED) is 0.0427. The van der Waals surface area contributed by atoms with Gasteiger partial charge in [-0.15, -0.1) is 0 Å². The van der Waals surface area contributed by atoms with Gasteiger partial charge in [-0.2, -0.15) is 20.4 Å². The number of nitrogens with zero attached hydrogens (tertiary/aromatic N) is 16. The zero-order valence-corrected chi connectivity index (χ0v) is 76.3. The monoisotopic (exact) mass is 1930 g/mol. The first kappa shape index (κ1) is 88.1. The summed E-state index contributed by atoms with van der Waals surface area (Å²) in [6.07, 6.45) is 22.5. The van der Waals surface area contributed by atoms with Crippen molar-refractivity contribution in [1.29, 1.82) is 0 Å². The van der Waals surface area contributed by atoms with Crippen molar-refractivity contribution in [2.75, 3.05) is 30.0 Å². The SMILES string of the molecule is COc1ccc(Br)c2cc(-c3nc(C4CCC(C(=O)O)CC4)n4ccnc(N)c34)[nH]c12.Nc1ncnn2c(C3CCC(C(=O)O)CC3)nc(-c3cc4cccc(-c5cc(Cl)ccc5Cl)c4[nH]3)c12.Nc1ncnn2c(C3CCC(C(=O)O)CC3)nc(-c3cc4cccc(-c5ccc(Cl)cc5)c4[nH]3)c12.Nc1ncnn2c(C3CCC(C(=O)O)CC3)nc(-c3cc4cccc(-c5cn[nH]c5)c4[nH]3)c12. The van der Waals surface area contributed by atoms with Crippen LogP contribution in [0.1, 0.15) is 150 Å². The van der Waals surface area contributed by atoms with E-state index in [0.29, 0.717) is 123 Å². The first-order valence-electron chi connectivity index (χ1n) is 44.4. The van der Waals surface area contributed by atoms with E-state index in [1.54, 1.807) is 45.2 Å². The molecule has 0 spiro atoms. The number of hydrogen-bond donors (Lipinski definition) is 13. The van der Waals surface area contributed by atoms with E-state index in [-0.39, 0.29) is 47.3 Å². The van der Waals surface area contributed by atoms with Gasteiger partial charge >= 0.3 is 23.9 Å². The van der Waals surface area contributed by atoms with E-state index in [0.717, 1.165) is 196 Å². The normalized spacial score (nSPS) is 18.6. The Hall–Kier alpha value is -14.8. The van der Waals surface area contributed by atoms with Crippen LogP contribution >= 0.6 is 50.7 Å². The number of H-pyrrole nitrogens is 5. The summed E-state index contributed by atoms with van der Waals surface area (Å²) in [4.78, 5) is 96.5. The topological polar surface area (TPSA) is 514 Å². The van der Waals surface area contributed by atoms with Gasteiger partial charge in [-0.3, -0.25) is 28.7 Å². The maximum absolute atomic E-state index is 11.4. The van der Waals surface area contributed by atoms with Gasteiger partial charge < -0.3 is 68.0 Å². The summed E-state index contributed by atoms with van der Waals surface area (Å²) in [5, 5.41) is 63.7. The second-order valence-corrected chi connectivity index (χ2v) is 36.9. The minimum absolute atomic E-state index is 0.0846. The van der Waals surface area contributed by atoms with Crippen LogP contribution in [0.3, 0.4) is 0 Å². The van der Waals surface area contributed by atoms with Crippen LogP contribution in [-0.2, 0) is 19.2 Å². The van der Waals surface area contributed by atoms with Crippen molar-refractivity contribution in [3.05, 3.63) is 220 Å². The average molecular weight is 1940 g/mol. The Morgan fingerprint density at radius 3 is 1.23 bits per heavy atom. The third-order valence-corrected chi connectivity index (χ3v) is 28.4. The molecule has 0 aliphatic heterocycles. The van der Waals surface area contributed by atoms with Crippen LogP contribution < -0.4 is 27.7 Å². The fourth-order valence-electron chi connectivity index (χ4n) is 20.0. The number of carbonyl (C=O) groups is 4. The lowest BCUT2D eigenvalue weighted by Crippen LogP contribution is -2.21. The summed E-state index contributed by atoms with van der Waals surface area (Å²) < 4.78 is 13.8. The van der Waals surface area contributed by atoms with Gasteiger partial charge in [0, 0.05) is 111 Å². The highest BCUT2D eigenvalue weighted by molar-refractivity contribution is 9.10. The van der Waals surface area contributed by atoms with Crippen molar-refractivity contribution in [2.45, 2.75) is 126 Å². The van der Waals surface area contributed by atoms with Gasteiger partial charge in [-0.1, -0.05) is 117 Å². The molecule has 13 aromatic heterocycles. The minimum Gasteiger partial charge on any atom is -0.495 e. The highest BCUT2D eigenvalue weighted by Crippen LogP contribution is 2.48. The number of aromatic amines is 5. The van der Waals surface area contributed by atoms with Crippen LogP contribution in [0.2, 0.25) is 15.1 Å². The van der Waals surface area contributed by atoms with E-state index in [2.05, 4.69) is 106 Å². The largest absolute Gasteiger partial charge is 0.495 e. The van der Waals surface area contributed by atoms with Crippen molar-refractivity contribution in [3.63, 3.8) is 0 Å². The molecule has 34 nitrogen and oxygen atoms in total. The first-order valence-corrected chi connectivity index (χ1v) is 46.3. The van der Waals surface area contributed by atoms with Crippen molar-refractivity contribution in [1.82, 2.24) is 103 Å². The molecule has 0 amide bonds. The second kappa shape index (κ2) is 36.6. The number of nitrogens with two attached hydrogens (primary N) is 4. The van der Waals surface area contributed by atoms with Gasteiger partial charge in [-0.05, 0) is 175 Å². The van der Waals surface area contributed by atoms with Gasteiger partial charge in [0.2, 0.25) is 0 Å². The number of carboxylic acids is 4. The summed E-state index contributed by atoms with van der Waals surface area (Å²) in [6, 6.07) is 43.4. The second-order valence-electron chi connectivity index (χ2n) is 34.8. The molecule has 0 bridgehead atoms. The molecular formula is C97H89BrCl3N25O9. The molecule has 4 fully saturated rings. The van der Waals surface area contributed by atoms with Crippen LogP contribution in [0.15, 0.2) is 182 Å². The van der Waals surface area contributed by atoms with Crippen LogP contribution in [0.4, 0.5) is 23.3 Å². The zero-order valence-electron chi connectivity index (χ0n) is 72.5. The number of rotatable bonds is 16. The van der Waals surface area contributed by atoms with E-state index in [1.165, 1.54) is 19.0 Å². The van der Waals surface area contributed by atoms with E-state index >= 15 is 0 Å². The number of fused-ring (bicyclic) bond motifs is 8. The standard InChI is InChI=1S/C26H22Cl2N6O2.C26H23ClN6O2.C23H22N8O2.C22H22BrN5O3/c27-16-8-9-19(28)18(11-16)17-3-1-2-15-10-20(32-21(15)17)22-23-24(29)30-12-31-34(23)25(33-22)13-4-6-14(7-5-13)26(35)36;27-18-10-8-14(9-11-18)19-3-1-2-17-12-20(31-21(17)19)22-23-24(28)29-13-30-33(23)25(32-22)15-4-6-16(7-5-15)26(34)35;24-21-20-19(17-8-14-2-1-3-16(18(14)29-17)15-9-26-27-10-15)30-22(31(20)28-11-25-21)12-4-6-13(7-5-12)23(32)33;1-31-16-7-6-14(23)13-10-15(26-17(13)16)18-19-20(24)25-8-9-28(19)21(27-18)11-2-4-12(5-3-11)22(29)30/h1-3,8-14,32H,4-7H2,(H,35,36)(H2,29,30,31);1-3,8-13,15-16,31H,4-7H2,(H,34,35)(H2,28,29,30);1-3,8-13,29H,4-7H2,(H,26,27)(H,32,33)(H2,24,25,28);6-12,26H,2-5H2,1H3,(H2,24,25)(H,29,30). The smallest absolute Gasteiger partial charge is 0.306 e. The predicted octanol–water partition coefficient (Wildman–Crippen LogP) is 19.9. The maximum atomic E-state index is 11.4. The molecular weight excluding hydrogens is 1850 g/mol. The van der Waals surface area contributed by atoms with Crippen LogP contribution in [-0.4, -0.2) is 155 Å². The molecule has 19 aromatic rings. The van der Waals surface area contributed by atoms with Gasteiger partial charge in [-0.25, -0.2) is 53.4 Å². The van der Waals surface area contributed by atoms with Crippen LogP contribution in [0.5, 0.6) is 5.75 Å². The van der Waals surface area contributed by atoms with Crippen molar-refractivity contribution < 1.29 is 44.3 Å². The number of methoxy groups -OCH3 is 1. The third kappa shape index (κ3) is 16.8. The molecule has 684 valence electrons. The van der Waals surface area contributed by atoms with Gasteiger partial charge in [0.05, 0.1) is 81.8 Å².